The van der Waals surface area contributed by atoms with Crippen LogP contribution in [0.4, 0.5) is 20.6 Å². The highest BCUT2D eigenvalue weighted by molar-refractivity contribution is 6.31. The van der Waals surface area contributed by atoms with Crippen molar-refractivity contribution in [3.05, 3.63) is 58.9 Å². The third-order valence-corrected chi connectivity index (χ3v) is 4.51. The lowest BCUT2D eigenvalue weighted by atomic mass is 10.2. The highest BCUT2D eigenvalue weighted by Crippen LogP contribution is 2.24. The summed E-state index contributed by atoms with van der Waals surface area (Å²) in [7, 11) is 0. The molecule has 0 unspecified atom stereocenters. The molecule has 2 aromatic carbocycles. The van der Waals surface area contributed by atoms with E-state index >= 15 is 0 Å². The van der Waals surface area contributed by atoms with Crippen molar-refractivity contribution in [2.75, 3.05) is 36.4 Å². The molecule has 1 saturated heterocycles. The van der Waals surface area contributed by atoms with E-state index < -0.39 is 5.82 Å². The van der Waals surface area contributed by atoms with E-state index in [-0.39, 0.29) is 11.1 Å². The summed E-state index contributed by atoms with van der Waals surface area (Å²) in [5.41, 5.74) is 2.74. The highest BCUT2D eigenvalue weighted by Gasteiger charge is 2.22. The molecular weight excluding hydrogens is 329 g/mol. The van der Waals surface area contributed by atoms with Gasteiger partial charge in [0.05, 0.1) is 5.02 Å². The van der Waals surface area contributed by atoms with Crippen LogP contribution in [0.25, 0.3) is 0 Å². The maximum absolute atomic E-state index is 13.3. The largest absolute Gasteiger partial charge is 0.368 e. The fourth-order valence-corrected chi connectivity index (χ4v) is 2.93. The lowest BCUT2D eigenvalue weighted by Crippen LogP contribution is -2.50. The van der Waals surface area contributed by atoms with E-state index in [2.05, 4.69) is 10.2 Å². The van der Waals surface area contributed by atoms with Gasteiger partial charge in [0.25, 0.3) is 0 Å². The summed E-state index contributed by atoms with van der Waals surface area (Å²) in [5, 5.41) is 3.07. The first-order valence-corrected chi connectivity index (χ1v) is 8.24. The van der Waals surface area contributed by atoms with Gasteiger partial charge < -0.3 is 15.1 Å². The van der Waals surface area contributed by atoms with Crippen LogP contribution < -0.4 is 10.2 Å². The Morgan fingerprint density at radius 1 is 1.12 bits per heavy atom. The van der Waals surface area contributed by atoms with E-state index in [4.69, 9.17) is 11.6 Å². The number of anilines is 2. The minimum atomic E-state index is -0.420. The maximum atomic E-state index is 13.3. The number of hydrogen-bond donors (Lipinski definition) is 1. The van der Waals surface area contributed by atoms with Gasteiger partial charge in [-0.25, -0.2) is 9.18 Å². The molecule has 2 aromatic rings. The number of amides is 2. The molecule has 0 aromatic heterocycles. The Balaban J connectivity index is 1.59. The first kappa shape index (κ1) is 16.6. The zero-order chi connectivity index (χ0) is 17.1. The topological polar surface area (TPSA) is 35.6 Å². The number of aryl methyl sites for hydroxylation is 1. The van der Waals surface area contributed by atoms with Crippen LogP contribution in [-0.2, 0) is 0 Å². The summed E-state index contributed by atoms with van der Waals surface area (Å²) in [6.45, 7) is 4.54. The summed E-state index contributed by atoms with van der Waals surface area (Å²) < 4.78 is 13.3. The Morgan fingerprint density at radius 2 is 1.83 bits per heavy atom. The molecule has 0 atom stereocenters. The van der Waals surface area contributed by atoms with Gasteiger partial charge in [-0.1, -0.05) is 29.8 Å². The molecule has 1 aliphatic heterocycles. The minimum absolute atomic E-state index is 0.0962. The van der Waals surface area contributed by atoms with Gasteiger partial charge in [0, 0.05) is 37.6 Å². The molecular formula is C18H19ClFN3O. The van der Waals surface area contributed by atoms with E-state index in [1.54, 1.807) is 17.0 Å². The van der Waals surface area contributed by atoms with Crippen molar-refractivity contribution in [1.29, 1.82) is 0 Å². The number of rotatable bonds is 2. The van der Waals surface area contributed by atoms with E-state index in [1.165, 1.54) is 6.07 Å². The van der Waals surface area contributed by atoms with Crippen LogP contribution in [0.15, 0.2) is 42.5 Å². The molecule has 1 N–H and O–H groups in total. The number of nitrogens with one attached hydrogen (secondary N) is 1. The highest BCUT2D eigenvalue weighted by atomic mass is 35.5. The molecule has 4 nitrogen and oxygen atoms in total. The second kappa shape index (κ2) is 7.09. The summed E-state index contributed by atoms with van der Waals surface area (Å²) in [6.07, 6.45) is 0. The van der Waals surface area contributed by atoms with Gasteiger partial charge in [-0.3, -0.25) is 0 Å². The van der Waals surface area contributed by atoms with Gasteiger partial charge in [-0.2, -0.15) is 0 Å². The van der Waals surface area contributed by atoms with Crippen molar-refractivity contribution in [1.82, 2.24) is 4.90 Å². The predicted molar refractivity (Wildman–Crippen MR) is 95.4 cm³/mol. The quantitative estimate of drug-likeness (QED) is 0.886. The van der Waals surface area contributed by atoms with Crippen molar-refractivity contribution in [3.63, 3.8) is 0 Å². The molecule has 0 radical (unpaired) electrons. The Hall–Kier alpha value is -2.27. The Morgan fingerprint density at radius 3 is 2.50 bits per heavy atom. The number of nitrogens with zero attached hydrogens (tertiary/aromatic N) is 2. The fourth-order valence-electron chi connectivity index (χ4n) is 2.76. The average molecular weight is 348 g/mol. The summed E-state index contributed by atoms with van der Waals surface area (Å²) in [4.78, 5) is 16.3. The first-order chi connectivity index (χ1) is 11.5. The van der Waals surface area contributed by atoms with Crippen molar-refractivity contribution >= 4 is 29.0 Å². The van der Waals surface area contributed by atoms with Gasteiger partial charge in [-0.15, -0.1) is 0 Å². The second-order valence-corrected chi connectivity index (χ2v) is 6.22. The molecule has 0 bridgehead atoms. The van der Waals surface area contributed by atoms with Gasteiger partial charge in [0.2, 0.25) is 0 Å². The Labute approximate surface area is 145 Å². The smallest absolute Gasteiger partial charge is 0.321 e. The molecule has 0 saturated carbocycles. The zero-order valence-corrected chi connectivity index (χ0v) is 14.2. The molecule has 24 heavy (non-hydrogen) atoms. The number of hydrogen-bond acceptors (Lipinski definition) is 2. The average Bonchev–Trinajstić information content (AvgIpc) is 2.59. The molecule has 0 aliphatic carbocycles. The van der Waals surface area contributed by atoms with Crippen LogP contribution in [0.2, 0.25) is 5.02 Å². The lowest BCUT2D eigenvalue weighted by molar-refractivity contribution is 0.208. The number of piperazine rings is 1. The van der Waals surface area contributed by atoms with Crippen molar-refractivity contribution in [2.24, 2.45) is 0 Å². The molecule has 2 amide bonds. The summed E-state index contributed by atoms with van der Waals surface area (Å²) >= 11 is 5.84. The van der Waals surface area contributed by atoms with Gasteiger partial charge in [-0.05, 0) is 36.8 Å². The fraction of sp³-hybridized carbons (Fsp3) is 0.278. The summed E-state index contributed by atoms with van der Waals surface area (Å²) in [6, 6.07) is 12.3. The van der Waals surface area contributed by atoms with E-state index in [0.717, 1.165) is 16.9 Å². The number of carbonyl (C=O) groups is 1. The van der Waals surface area contributed by atoms with Gasteiger partial charge >= 0.3 is 6.03 Å². The van der Waals surface area contributed by atoms with E-state index in [0.29, 0.717) is 26.2 Å². The van der Waals surface area contributed by atoms with Gasteiger partial charge in [0.1, 0.15) is 5.82 Å². The van der Waals surface area contributed by atoms with Crippen LogP contribution in [0.5, 0.6) is 0 Å². The van der Waals surface area contributed by atoms with Gasteiger partial charge in [0.15, 0.2) is 0 Å². The molecule has 1 fully saturated rings. The standard InChI is InChI=1S/C18H19ClFN3O/c1-13-4-2-3-5-17(13)21-18(24)23-10-8-22(9-11-23)14-6-7-16(20)15(19)12-14/h2-7,12H,8-11H2,1H3,(H,21,24). The van der Waals surface area contributed by atoms with Crippen LogP contribution in [-0.4, -0.2) is 37.1 Å². The summed E-state index contributed by atoms with van der Waals surface area (Å²) in [5.74, 6) is -0.420. The molecule has 0 spiro atoms. The molecule has 1 heterocycles. The predicted octanol–water partition coefficient (Wildman–Crippen LogP) is 4.14. The van der Waals surface area contributed by atoms with Crippen LogP contribution in [0, 0.1) is 12.7 Å². The molecule has 6 heteroatoms. The van der Waals surface area contributed by atoms with E-state index in [1.807, 2.05) is 31.2 Å². The molecule has 3 rings (SSSR count). The Kier molecular flexibility index (Phi) is 4.90. The lowest BCUT2D eigenvalue weighted by Gasteiger charge is -2.36. The third kappa shape index (κ3) is 3.62. The van der Waals surface area contributed by atoms with Crippen LogP contribution >= 0.6 is 11.6 Å². The van der Waals surface area contributed by atoms with E-state index in [9.17, 15) is 9.18 Å². The minimum Gasteiger partial charge on any atom is -0.368 e. The van der Waals surface area contributed by atoms with Crippen molar-refractivity contribution < 1.29 is 9.18 Å². The SMILES string of the molecule is Cc1ccccc1NC(=O)N1CCN(c2ccc(F)c(Cl)c2)CC1. The first-order valence-electron chi connectivity index (χ1n) is 7.86. The molecule has 126 valence electrons. The zero-order valence-electron chi connectivity index (χ0n) is 13.4. The monoisotopic (exact) mass is 347 g/mol. The normalized spacial score (nSPS) is 14.6. The van der Waals surface area contributed by atoms with Crippen molar-refractivity contribution in [2.45, 2.75) is 6.92 Å². The third-order valence-electron chi connectivity index (χ3n) is 4.22. The van der Waals surface area contributed by atoms with Crippen LogP contribution in [0.3, 0.4) is 0 Å². The number of urea groups is 1. The van der Waals surface area contributed by atoms with Crippen molar-refractivity contribution in [3.8, 4) is 0 Å². The molecule has 1 aliphatic rings. The number of carbonyl (C=O) groups excluding carboxylic acids is 1. The maximum Gasteiger partial charge on any atom is 0.321 e. The number of para-hydroxylation sites is 1. The second-order valence-electron chi connectivity index (χ2n) is 5.82. The van der Waals surface area contributed by atoms with Crippen LogP contribution in [0.1, 0.15) is 5.56 Å². The Bertz CT molecular complexity index is 745. The number of halogens is 2. The number of benzene rings is 2.